The van der Waals surface area contributed by atoms with Crippen molar-refractivity contribution >= 4 is 23.9 Å². The Labute approximate surface area is 207 Å². The number of hydrazine groups is 1. The number of alkyl carbamates (subject to hydrolysis) is 1. The zero-order valence-electron chi connectivity index (χ0n) is 21.7. The predicted octanol–water partition coefficient (Wildman–Crippen LogP) is 3.00. The number of esters is 1. The maximum Gasteiger partial charge on any atom is 0.408 e. The molecule has 0 bridgehead atoms. The first-order valence-electron chi connectivity index (χ1n) is 11.6. The number of nitrogens with one attached hydrogen (secondary N) is 3. The summed E-state index contributed by atoms with van der Waals surface area (Å²) in [6.45, 7) is 12.6. The Kier molecular flexibility index (Phi) is 11.7. The van der Waals surface area contributed by atoms with Crippen LogP contribution in [0.5, 0.6) is 0 Å². The Morgan fingerprint density at radius 3 is 2.06 bits per heavy atom. The lowest BCUT2D eigenvalue weighted by Crippen LogP contribution is -2.53. The van der Waals surface area contributed by atoms with Gasteiger partial charge in [0, 0.05) is 6.42 Å². The van der Waals surface area contributed by atoms with Crippen molar-refractivity contribution in [3.8, 4) is 0 Å². The van der Waals surface area contributed by atoms with Crippen molar-refractivity contribution in [1.82, 2.24) is 16.2 Å². The van der Waals surface area contributed by atoms with Crippen molar-refractivity contribution in [3.63, 3.8) is 0 Å². The average Bonchev–Trinajstić information content (AvgIpc) is 2.75. The molecular formula is C25H39N3O7. The molecule has 3 N–H and O–H groups in total. The summed E-state index contributed by atoms with van der Waals surface area (Å²) < 4.78 is 16.0. The summed E-state index contributed by atoms with van der Waals surface area (Å²) in [4.78, 5) is 49.4. The van der Waals surface area contributed by atoms with Gasteiger partial charge < -0.3 is 19.5 Å². The predicted molar refractivity (Wildman–Crippen MR) is 130 cm³/mol. The molecule has 35 heavy (non-hydrogen) atoms. The second kappa shape index (κ2) is 13.7. The minimum absolute atomic E-state index is 0.00903. The van der Waals surface area contributed by atoms with Crippen LogP contribution in [0.25, 0.3) is 0 Å². The van der Waals surface area contributed by atoms with Gasteiger partial charge in [0.05, 0.1) is 18.1 Å². The van der Waals surface area contributed by atoms with E-state index in [-0.39, 0.29) is 26.1 Å². The first kappa shape index (κ1) is 29.9. The lowest BCUT2D eigenvalue weighted by Gasteiger charge is -2.23. The molecule has 0 fully saturated rings. The fraction of sp³-hybridized carbons (Fsp3) is 0.600. The molecule has 196 valence electrons. The number of ether oxygens (including phenoxy) is 3. The van der Waals surface area contributed by atoms with Crippen LogP contribution in [0.15, 0.2) is 30.3 Å². The van der Waals surface area contributed by atoms with Crippen LogP contribution in [-0.4, -0.2) is 47.7 Å². The lowest BCUT2D eigenvalue weighted by atomic mass is 10.1. The average molecular weight is 494 g/mol. The number of carbonyl (C=O) groups excluding carboxylic acids is 4. The van der Waals surface area contributed by atoms with Crippen molar-refractivity contribution in [1.29, 1.82) is 0 Å². The summed E-state index contributed by atoms with van der Waals surface area (Å²) in [6.07, 6.45) is -1.02. The molecule has 0 heterocycles. The minimum Gasteiger partial charge on any atom is -0.460 e. The summed E-state index contributed by atoms with van der Waals surface area (Å²) in [7, 11) is 0. The van der Waals surface area contributed by atoms with Crippen LogP contribution >= 0.6 is 0 Å². The van der Waals surface area contributed by atoms with Crippen molar-refractivity contribution in [2.24, 2.45) is 5.92 Å². The third kappa shape index (κ3) is 14.0. The maximum atomic E-state index is 12.7. The molecule has 1 aromatic carbocycles. The summed E-state index contributed by atoms with van der Waals surface area (Å²) >= 11 is 0. The van der Waals surface area contributed by atoms with Gasteiger partial charge in [-0.25, -0.2) is 4.79 Å². The molecule has 1 rings (SSSR count). The Hall–Kier alpha value is -3.14. The van der Waals surface area contributed by atoms with E-state index in [9.17, 15) is 19.2 Å². The smallest absolute Gasteiger partial charge is 0.408 e. The molecule has 0 aliphatic rings. The summed E-state index contributed by atoms with van der Waals surface area (Å²) in [5.41, 5.74) is 4.31. The standard InChI is InChI=1S/C25H39N3O7/c1-17(15-34-24(2,3)4)21(30)27-28-22(31)19(13-14-20(29)35-25(5,6)7)26-23(32)33-16-18-11-9-8-10-12-18/h8-12,17,19H,13-16H2,1-7H3,(H,26,32)(H,27,30)(H,28,31)/t17-,19-/m0/s1. The molecule has 2 atom stereocenters. The first-order chi connectivity index (χ1) is 16.2. The van der Waals surface area contributed by atoms with Crippen molar-refractivity contribution in [2.45, 2.75) is 85.2 Å². The molecule has 0 aliphatic heterocycles. The largest absolute Gasteiger partial charge is 0.460 e. The van der Waals surface area contributed by atoms with E-state index in [0.717, 1.165) is 5.56 Å². The SMILES string of the molecule is C[C@@H](COC(C)(C)C)C(=O)NNC(=O)[C@H](CCC(=O)OC(C)(C)C)NC(=O)OCc1ccccc1. The molecule has 0 unspecified atom stereocenters. The van der Waals surface area contributed by atoms with E-state index in [0.29, 0.717) is 0 Å². The lowest BCUT2D eigenvalue weighted by molar-refractivity contribution is -0.155. The number of benzene rings is 1. The van der Waals surface area contributed by atoms with Gasteiger partial charge in [-0.1, -0.05) is 37.3 Å². The molecule has 1 aromatic rings. The third-order valence-corrected chi connectivity index (χ3v) is 4.40. The van der Waals surface area contributed by atoms with Crippen molar-refractivity contribution < 1.29 is 33.4 Å². The quantitative estimate of drug-likeness (QED) is 0.337. The van der Waals surface area contributed by atoms with Crippen LogP contribution in [0.2, 0.25) is 0 Å². The van der Waals surface area contributed by atoms with Gasteiger partial charge in [-0.2, -0.15) is 0 Å². The Balaban J connectivity index is 2.70. The van der Waals surface area contributed by atoms with E-state index in [2.05, 4.69) is 16.2 Å². The monoisotopic (exact) mass is 493 g/mol. The van der Waals surface area contributed by atoms with Gasteiger partial charge in [0.25, 0.3) is 5.91 Å². The fourth-order valence-electron chi connectivity index (χ4n) is 2.61. The van der Waals surface area contributed by atoms with E-state index >= 15 is 0 Å². The zero-order chi connectivity index (χ0) is 26.6. The minimum atomic E-state index is -1.15. The fourth-order valence-corrected chi connectivity index (χ4v) is 2.61. The van der Waals surface area contributed by atoms with E-state index in [1.54, 1.807) is 39.8 Å². The van der Waals surface area contributed by atoms with Gasteiger partial charge >= 0.3 is 12.1 Å². The van der Waals surface area contributed by atoms with Crippen LogP contribution in [0, 0.1) is 5.92 Å². The second-order valence-electron chi connectivity index (χ2n) is 10.2. The van der Waals surface area contributed by atoms with Crippen molar-refractivity contribution in [2.75, 3.05) is 6.61 Å². The highest BCUT2D eigenvalue weighted by molar-refractivity contribution is 5.88. The second-order valence-corrected chi connectivity index (χ2v) is 10.2. The number of hydrogen-bond donors (Lipinski definition) is 3. The molecule has 10 heteroatoms. The van der Waals surface area contributed by atoms with Gasteiger partial charge in [0.1, 0.15) is 18.2 Å². The third-order valence-electron chi connectivity index (χ3n) is 4.40. The molecule has 3 amide bonds. The van der Waals surface area contributed by atoms with Gasteiger partial charge in [0.2, 0.25) is 5.91 Å². The van der Waals surface area contributed by atoms with E-state index in [4.69, 9.17) is 14.2 Å². The first-order valence-corrected chi connectivity index (χ1v) is 11.6. The molecule has 0 aliphatic carbocycles. The normalized spacial score (nSPS) is 13.2. The van der Waals surface area contributed by atoms with E-state index in [1.807, 2.05) is 39.0 Å². The topological polar surface area (TPSA) is 132 Å². The van der Waals surface area contributed by atoms with E-state index < -0.39 is 47.0 Å². The van der Waals surface area contributed by atoms with Gasteiger partial charge in [-0.3, -0.25) is 25.2 Å². The highest BCUT2D eigenvalue weighted by atomic mass is 16.6. The van der Waals surface area contributed by atoms with Gasteiger partial charge in [-0.15, -0.1) is 0 Å². The molecule has 10 nitrogen and oxygen atoms in total. The molecule has 0 saturated heterocycles. The number of rotatable bonds is 10. The number of carbonyl (C=O) groups is 4. The summed E-state index contributed by atoms with van der Waals surface area (Å²) in [5.74, 6) is -2.21. The summed E-state index contributed by atoms with van der Waals surface area (Å²) in [6, 6.07) is 7.89. The van der Waals surface area contributed by atoms with Crippen LogP contribution in [0.1, 0.15) is 66.9 Å². The summed E-state index contributed by atoms with van der Waals surface area (Å²) in [5, 5.41) is 2.45. The van der Waals surface area contributed by atoms with Crippen LogP contribution in [-0.2, 0) is 35.2 Å². The van der Waals surface area contributed by atoms with Crippen LogP contribution in [0.4, 0.5) is 4.79 Å². The maximum absolute atomic E-state index is 12.7. The van der Waals surface area contributed by atoms with E-state index in [1.165, 1.54) is 0 Å². The van der Waals surface area contributed by atoms with Crippen LogP contribution < -0.4 is 16.2 Å². The molecule has 0 saturated carbocycles. The molecule has 0 spiro atoms. The number of amides is 3. The molecule has 0 radical (unpaired) electrons. The Morgan fingerprint density at radius 1 is 0.886 bits per heavy atom. The van der Waals surface area contributed by atoms with Crippen molar-refractivity contribution in [3.05, 3.63) is 35.9 Å². The van der Waals surface area contributed by atoms with Crippen LogP contribution in [0.3, 0.4) is 0 Å². The highest BCUT2D eigenvalue weighted by Gasteiger charge is 2.26. The van der Waals surface area contributed by atoms with Gasteiger partial charge in [0.15, 0.2) is 0 Å². The Morgan fingerprint density at radius 2 is 1.49 bits per heavy atom. The number of hydrogen-bond acceptors (Lipinski definition) is 7. The van der Waals surface area contributed by atoms with Gasteiger partial charge in [-0.05, 0) is 53.5 Å². The molecule has 0 aromatic heterocycles. The molecular weight excluding hydrogens is 454 g/mol. The highest BCUT2D eigenvalue weighted by Crippen LogP contribution is 2.11. The zero-order valence-corrected chi connectivity index (χ0v) is 21.7. The Bertz CT molecular complexity index is 845.